The molecule has 106 valence electrons. The van der Waals surface area contributed by atoms with Crippen LogP contribution < -0.4 is 0 Å². The lowest BCUT2D eigenvalue weighted by Crippen LogP contribution is -2.41. The smallest absolute Gasteiger partial charge is 0.0625 e. The molecule has 2 aliphatic rings. The van der Waals surface area contributed by atoms with Gasteiger partial charge < -0.3 is 0 Å². The molecule has 0 amide bonds. The summed E-state index contributed by atoms with van der Waals surface area (Å²) in [6.45, 7) is 20.3. The van der Waals surface area contributed by atoms with E-state index in [9.17, 15) is 0 Å². The Morgan fingerprint density at radius 1 is 0.889 bits per heavy atom. The van der Waals surface area contributed by atoms with E-state index in [1.807, 2.05) is 0 Å². The van der Waals surface area contributed by atoms with Crippen molar-refractivity contribution < 1.29 is 0 Å². The fraction of sp³-hybridized carbons (Fsp3) is 1.00. The van der Waals surface area contributed by atoms with Gasteiger partial charge in [0.1, 0.15) is 0 Å². The lowest BCUT2D eigenvalue weighted by atomic mass is 9.82. The summed E-state index contributed by atoms with van der Waals surface area (Å²) in [5.74, 6) is 1.94. The molecule has 0 aromatic heterocycles. The van der Waals surface area contributed by atoms with E-state index in [1.54, 1.807) is 6.42 Å². The fourth-order valence-corrected chi connectivity index (χ4v) is 16.5. The number of hydrogen-bond donors (Lipinski definition) is 0. The molecule has 1 saturated heterocycles. The van der Waals surface area contributed by atoms with Crippen molar-refractivity contribution in [3.63, 3.8) is 0 Å². The molecule has 0 bridgehead atoms. The maximum atomic E-state index is 2.56. The van der Waals surface area contributed by atoms with Gasteiger partial charge in [-0.15, -0.1) is 0 Å². The monoisotopic (exact) mass is 266 g/mol. The van der Waals surface area contributed by atoms with Gasteiger partial charge in [-0.2, -0.15) is 0 Å². The van der Waals surface area contributed by atoms with Crippen molar-refractivity contribution in [2.75, 3.05) is 0 Å². The Bertz CT molecular complexity index is 301. The molecule has 0 aromatic rings. The van der Waals surface area contributed by atoms with Crippen LogP contribution in [0.3, 0.4) is 0 Å². The predicted octanol–water partition coefficient (Wildman–Crippen LogP) is 6.25. The van der Waals surface area contributed by atoms with Gasteiger partial charge in [0.25, 0.3) is 0 Å². The normalized spacial score (nSPS) is 35.5. The van der Waals surface area contributed by atoms with Gasteiger partial charge in [0.2, 0.25) is 0 Å². The molecular weight excluding hydrogens is 232 g/mol. The molecular formula is C17H34Si. The Morgan fingerprint density at radius 3 is 1.78 bits per heavy atom. The van der Waals surface area contributed by atoms with E-state index in [2.05, 4.69) is 55.4 Å². The molecule has 2 rings (SSSR count). The van der Waals surface area contributed by atoms with E-state index in [4.69, 9.17) is 0 Å². The van der Waals surface area contributed by atoms with Gasteiger partial charge in [-0.25, -0.2) is 0 Å². The Balaban J connectivity index is 2.41. The summed E-state index contributed by atoms with van der Waals surface area (Å²) in [6.07, 6.45) is 4.57. The second-order valence-electron chi connectivity index (χ2n) is 9.34. The second-order valence-corrected chi connectivity index (χ2v) is 15.5. The summed E-state index contributed by atoms with van der Waals surface area (Å²) in [5, 5.41) is 1.16. The van der Waals surface area contributed by atoms with Crippen molar-refractivity contribution in [1.29, 1.82) is 0 Å². The molecule has 18 heavy (non-hydrogen) atoms. The van der Waals surface area contributed by atoms with Crippen molar-refractivity contribution in [2.45, 2.75) is 95.8 Å². The first-order chi connectivity index (χ1) is 8.05. The van der Waals surface area contributed by atoms with Crippen LogP contribution in [0.5, 0.6) is 0 Å². The number of fused-ring (bicyclic) bond motifs is 1. The molecule has 0 unspecified atom stereocenters. The molecule has 0 N–H and O–H groups in total. The maximum Gasteiger partial charge on any atom is 0.0708 e. The van der Waals surface area contributed by atoms with Crippen LogP contribution >= 0.6 is 0 Å². The maximum absolute atomic E-state index is 2.56. The quantitative estimate of drug-likeness (QED) is 0.492. The van der Waals surface area contributed by atoms with Crippen molar-refractivity contribution in [3.05, 3.63) is 0 Å². The third-order valence-corrected chi connectivity index (χ3v) is 14.6. The Kier molecular flexibility index (Phi) is 3.33. The highest BCUT2D eigenvalue weighted by atomic mass is 28.3. The van der Waals surface area contributed by atoms with E-state index < -0.39 is 8.07 Å². The van der Waals surface area contributed by atoms with Crippen LogP contribution in [-0.4, -0.2) is 8.07 Å². The average molecular weight is 267 g/mol. The van der Waals surface area contributed by atoms with Crippen LogP contribution in [-0.2, 0) is 0 Å². The molecule has 3 atom stereocenters. The van der Waals surface area contributed by atoms with Crippen LogP contribution in [0.4, 0.5) is 0 Å². The lowest BCUT2D eigenvalue weighted by Gasteiger charge is -2.43. The lowest BCUT2D eigenvalue weighted by molar-refractivity contribution is 0.310. The number of hydrogen-bond acceptors (Lipinski definition) is 0. The standard InChI is InChI=1S/C17H34Si/c1-12(2)13-10-9-11-14-15(13)18(14,16(3,4)5)17(6,7)8/h12-15H,9-11H2,1-8H3/t13-,14+,15-/m1/s1. The van der Waals surface area contributed by atoms with Crippen molar-refractivity contribution in [3.8, 4) is 0 Å². The first kappa shape index (κ1) is 14.6. The largest absolute Gasteiger partial charge is 0.0708 e. The Hall–Kier alpha value is 0.217. The van der Waals surface area contributed by atoms with Crippen molar-refractivity contribution >= 4 is 8.07 Å². The third kappa shape index (κ3) is 1.76. The zero-order chi connectivity index (χ0) is 13.9. The van der Waals surface area contributed by atoms with E-state index in [-0.39, 0.29) is 0 Å². The van der Waals surface area contributed by atoms with Crippen LogP contribution in [0, 0.1) is 11.8 Å². The minimum Gasteiger partial charge on any atom is -0.0625 e. The van der Waals surface area contributed by atoms with Crippen LogP contribution in [0.25, 0.3) is 0 Å². The minimum atomic E-state index is -1.18. The first-order valence-electron chi connectivity index (χ1n) is 8.05. The van der Waals surface area contributed by atoms with Gasteiger partial charge in [0.05, 0.1) is 8.07 Å². The van der Waals surface area contributed by atoms with Crippen molar-refractivity contribution in [2.24, 2.45) is 11.8 Å². The zero-order valence-corrected chi connectivity index (χ0v) is 14.9. The third-order valence-electron chi connectivity index (χ3n) is 6.29. The molecule has 1 saturated carbocycles. The molecule has 0 nitrogen and oxygen atoms in total. The first-order valence-corrected chi connectivity index (χ1v) is 10.2. The summed E-state index contributed by atoms with van der Waals surface area (Å²) < 4.78 is 0. The SMILES string of the molecule is CC(C)[C@H]1CCC[C@H]2[C@@H]1[Si]2(C(C)(C)C)C(C)(C)C. The molecule has 0 spiro atoms. The average Bonchev–Trinajstić information content (AvgIpc) is 2.84. The van der Waals surface area contributed by atoms with Gasteiger partial charge in [-0.3, -0.25) is 0 Å². The molecule has 0 radical (unpaired) electrons. The molecule has 0 aromatic carbocycles. The fourth-order valence-electron chi connectivity index (χ4n) is 6.27. The van der Waals surface area contributed by atoms with E-state index in [1.165, 1.54) is 12.8 Å². The van der Waals surface area contributed by atoms with E-state index in [0.717, 1.165) is 22.9 Å². The zero-order valence-electron chi connectivity index (χ0n) is 13.9. The van der Waals surface area contributed by atoms with Gasteiger partial charge in [0, 0.05) is 0 Å². The van der Waals surface area contributed by atoms with Gasteiger partial charge >= 0.3 is 0 Å². The molecule has 1 heteroatoms. The summed E-state index contributed by atoms with van der Waals surface area (Å²) in [7, 11) is -1.18. The topological polar surface area (TPSA) is 0 Å². The van der Waals surface area contributed by atoms with Crippen LogP contribution in [0.1, 0.15) is 74.7 Å². The van der Waals surface area contributed by atoms with Crippen molar-refractivity contribution in [1.82, 2.24) is 0 Å². The summed E-state index contributed by atoms with van der Waals surface area (Å²) in [4.78, 5) is 0. The molecule has 2 fully saturated rings. The minimum absolute atomic E-state index is 0.581. The Morgan fingerprint density at radius 2 is 1.39 bits per heavy atom. The summed E-state index contributed by atoms with van der Waals surface area (Å²) in [6, 6.07) is 0. The predicted molar refractivity (Wildman–Crippen MR) is 84.9 cm³/mol. The van der Waals surface area contributed by atoms with Gasteiger partial charge in [0.15, 0.2) is 0 Å². The highest BCUT2D eigenvalue weighted by molar-refractivity contribution is 6.97. The Labute approximate surface area is 116 Å². The molecule has 1 heterocycles. The summed E-state index contributed by atoms with van der Waals surface area (Å²) in [5.41, 5.74) is 2.27. The van der Waals surface area contributed by atoms with Gasteiger partial charge in [-0.05, 0) is 33.0 Å². The highest BCUT2D eigenvalue weighted by Crippen LogP contribution is 2.83. The molecule has 1 aliphatic carbocycles. The van der Waals surface area contributed by atoms with Crippen LogP contribution in [0.15, 0.2) is 0 Å². The van der Waals surface area contributed by atoms with E-state index in [0.29, 0.717) is 10.1 Å². The summed E-state index contributed by atoms with van der Waals surface area (Å²) >= 11 is 0. The number of rotatable bonds is 1. The highest BCUT2D eigenvalue weighted by Gasteiger charge is 2.77. The second kappa shape index (κ2) is 4.10. The van der Waals surface area contributed by atoms with Crippen LogP contribution in [0.2, 0.25) is 21.2 Å². The van der Waals surface area contributed by atoms with Gasteiger partial charge in [-0.1, -0.05) is 74.7 Å². The van der Waals surface area contributed by atoms with E-state index >= 15 is 0 Å². The molecule has 1 aliphatic heterocycles.